The van der Waals surface area contributed by atoms with Crippen molar-refractivity contribution >= 4 is 22.5 Å². The molecule has 3 aromatic rings. The average molecular weight is 363 g/mol. The number of nitrogens with zero attached hydrogens (tertiary/aromatic N) is 4. The van der Waals surface area contributed by atoms with Crippen LogP contribution < -0.4 is 5.32 Å². The first-order chi connectivity index (χ1) is 13.0. The minimum atomic E-state index is -0.00662. The van der Waals surface area contributed by atoms with Crippen LogP contribution in [0.1, 0.15) is 36.7 Å². The highest BCUT2D eigenvalue weighted by atomic mass is 16.1. The van der Waals surface area contributed by atoms with E-state index in [1.807, 2.05) is 36.7 Å². The summed E-state index contributed by atoms with van der Waals surface area (Å²) in [6.07, 6.45) is 3.54. The Bertz CT molecular complexity index is 1010. The molecule has 0 aliphatic rings. The summed E-state index contributed by atoms with van der Waals surface area (Å²) in [6, 6.07) is 10.2. The summed E-state index contributed by atoms with van der Waals surface area (Å²) in [6.45, 7) is 7.58. The van der Waals surface area contributed by atoms with Crippen LogP contribution in [0.5, 0.6) is 0 Å². The highest BCUT2D eigenvalue weighted by molar-refractivity contribution is 5.94. The molecule has 2 heterocycles. The van der Waals surface area contributed by atoms with E-state index in [4.69, 9.17) is 5.26 Å². The van der Waals surface area contributed by atoms with Crippen molar-refractivity contribution in [2.75, 3.05) is 5.32 Å². The van der Waals surface area contributed by atoms with Crippen molar-refractivity contribution in [1.29, 1.82) is 5.26 Å². The Morgan fingerprint density at radius 2 is 2.11 bits per heavy atom. The maximum absolute atomic E-state index is 12.4. The van der Waals surface area contributed by atoms with E-state index in [9.17, 15) is 4.79 Å². The van der Waals surface area contributed by atoms with Crippen molar-refractivity contribution in [3.05, 3.63) is 47.4 Å². The molecule has 1 aromatic carbocycles. The van der Waals surface area contributed by atoms with E-state index < -0.39 is 0 Å². The van der Waals surface area contributed by atoms with Crippen LogP contribution in [0.4, 0.5) is 5.69 Å². The van der Waals surface area contributed by atoms with E-state index in [1.165, 1.54) is 5.52 Å². The molecule has 2 aromatic heterocycles. The molecule has 0 saturated heterocycles. The van der Waals surface area contributed by atoms with Crippen LogP contribution in [0.15, 0.2) is 30.5 Å². The van der Waals surface area contributed by atoms with Crippen LogP contribution >= 0.6 is 0 Å². The molecule has 0 bridgehead atoms. The van der Waals surface area contributed by atoms with Crippen LogP contribution in [0.25, 0.3) is 10.9 Å². The Labute approximate surface area is 159 Å². The topological polar surface area (TPSA) is 75.6 Å². The van der Waals surface area contributed by atoms with Gasteiger partial charge in [0.05, 0.1) is 24.7 Å². The van der Waals surface area contributed by atoms with Gasteiger partial charge < -0.3 is 9.88 Å². The van der Waals surface area contributed by atoms with Crippen molar-refractivity contribution in [1.82, 2.24) is 14.3 Å². The van der Waals surface area contributed by atoms with Gasteiger partial charge in [-0.2, -0.15) is 10.4 Å². The minimum absolute atomic E-state index is 0.00662. The summed E-state index contributed by atoms with van der Waals surface area (Å²) in [5.74, 6) is -0.00662. The van der Waals surface area contributed by atoms with Crippen LogP contribution in [0, 0.1) is 25.2 Å². The number of aryl methyl sites for hydroxylation is 3. The van der Waals surface area contributed by atoms with Crippen molar-refractivity contribution < 1.29 is 4.79 Å². The zero-order valence-corrected chi connectivity index (χ0v) is 16.1. The minimum Gasteiger partial charge on any atom is -0.348 e. The molecule has 0 fully saturated rings. The molecular formula is C21H25N5O. The van der Waals surface area contributed by atoms with Crippen LogP contribution in [0.3, 0.4) is 0 Å². The summed E-state index contributed by atoms with van der Waals surface area (Å²) in [5, 5.41) is 17.4. The fraction of sp³-hybridized carbons (Fsp3) is 0.381. The molecule has 0 aliphatic heterocycles. The molecule has 3 rings (SSSR count). The quantitative estimate of drug-likeness (QED) is 0.690. The zero-order chi connectivity index (χ0) is 19.4. The lowest BCUT2D eigenvalue weighted by atomic mass is 10.1. The van der Waals surface area contributed by atoms with Crippen LogP contribution in [-0.2, 0) is 24.3 Å². The third kappa shape index (κ3) is 4.03. The van der Waals surface area contributed by atoms with E-state index in [1.54, 1.807) is 0 Å². The Kier molecular flexibility index (Phi) is 5.60. The molecular weight excluding hydrogens is 338 g/mol. The Morgan fingerprint density at radius 3 is 2.85 bits per heavy atom. The lowest BCUT2D eigenvalue weighted by molar-refractivity contribution is -0.116. The molecule has 0 spiro atoms. The Hall–Kier alpha value is -3.07. The average Bonchev–Trinajstić information content (AvgIpc) is 3.18. The number of hydrogen-bond acceptors (Lipinski definition) is 3. The van der Waals surface area contributed by atoms with Gasteiger partial charge in [-0.25, -0.2) is 0 Å². The van der Waals surface area contributed by atoms with Crippen molar-refractivity contribution in [3.63, 3.8) is 0 Å². The number of anilines is 1. The van der Waals surface area contributed by atoms with E-state index in [0.29, 0.717) is 25.8 Å². The molecule has 0 radical (unpaired) electrons. The molecule has 27 heavy (non-hydrogen) atoms. The van der Waals surface area contributed by atoms with Crippen molar-refractivity contribution in [3.8, 4) is 6.07 Å². The van der Waals surface area contributed by atoms with E-state index >= 15 is 0 Å². The summed E-state index contributed by atoms with van der Waals surface area (Å²) < 4.78 is 4.04. The lowest BCUT2D eigenvalue weighted by Gasteiger charge is -2.07. The lowest BCUT2D eigenvalue weighted by Crippen LogP contribution is -2.12. The summed E-state index contributed by atoms with van der Waals surface area (Å²) in [4.78, 5) is 12.4. The standard InChI is InChI=1S/C21H25N5O/c1-4-25-13-10-17-14-18(6-8-20(17)25)23-21(27)9-7-19-15(2)24-26(16(19)3)12-5-11-22/h6,8,10,13-14H,4-5,7,9,12H2,1-3H3,(H,23,27). The van der Waals surface area contributed by atoms with Gasteiger partial charge >= 0.3 is 0 Å². The maximum Gasteiger partial charge on any atom is 0.224 e. The summed E-state index contributed by atoms with van der Waals surface area (Å²) >= 11 is 0. The van der Waals surface area contributed by atoms with Gasteiger partial charge in [0, 0.05) is 41.4 Å². The number of carbonyl (C=O) groups is 1. The van der Waals surface area contributed by atoms with Gasteiger partial charge in [-0.3, -0.25) is 9.48 Å². The molecule has 0 aliphatic carbocycles. The Morgan fingerprint density at radius 1 is 1.30 bits per heavy atom. The number of benzene rings is 1. The van der Waals surface area contributed by atoms with E-state index in [0.717, 1.165) is 34.6 Å². The fourth-order valence-corrected chi connectivity index (χ4v) is 3.49. The number of aromatic nitrogens is 3. The summed E-state index contributed by atoms with van der Waals surface area (Å²) in [7, 11) is 0. The molecule has 140 valence electrons. The predicted octanol–water partition coefficient (Wildman–Crippen LogP) is 3.96. The monoisotopic (exact) mass is 363 g/mol. The second-order valence-electron chi connectivity index (χ2n) is 6.70. The molecule has 6 heteroatoms. The highest BCUT2D eigenvalue weighted by Gasteiger charge is 2.13. The Balaban J connectivity index is 1.63. The number of rotatable bonds is 7. The van der Waals surface area contributed by atoms with Crippen LogP contribution in [-0.4, -0.2) is 20.3 Å². The van der Waals surface area contributed by atoms with Gasteiger partial charge in [0.15, 0.2) is 0 Å². The molecule has 0 atom stereocenters. The van der Waals surface area contributed by atoms with E-state index in [-0.39, 0.29) is 5.91 Å². The zero-order valence-electron chi connectivity index (χ0n) is 16.1. The third-order valence-electron chi connectivity index (χ3n) is 4.96. The van der Waals surface area contributed by atoms with Crippen molar-refractivity contribution in [2.24, 2.45) is 0 Å². The molecule has 1 N–H and O–H groups in total. The maximum atomic E-state index is 12.4. The number of fused-ring (bicyclic) bond motifs is 1. The first kappa shape index (κ1) is 18.7. The largest absolute Gasteiger partial charge is 0.348 e. The predicted molar refractivity (Wildman–Crippen MR) is 106 cm³/mol. The van der Waals surface area contributed by atoms with E-state index in [2.05, 4.69) is 40.2 Å². The third-order valence-corrected chi connectivity index (χ3v) is 4.96. The first-order valence-electron chi connectivity index (χ1n) is 9.32. The molecule has 0 saturated carbocycles. The number of carbonyl (C=O) groups excluding carboxylic acids is 1. The molecule has 6 nitrogen and oxygen atoms in total. The first-order valence-corrected chi connectivity index (χ1v) is 9.32. The molecule has 1 amide bonds. The smallest absolute Gasteiger partial charge is 0.224 e. The van der Waals surface area contributed by atoms with Gasteiger partial charge in [0.1, 0.15) is 0 Å². The van der Waals surface area contributed by atoms with Gasteiger partial charge in [0.25, 0.3) is 0 Å². The normalized spacial score (nSPS) is 10.9. The summed E-state index contributed by atoms with van der Waals surface area (Å²) in [5.41, 5.74) is 5.06. The highest BCUT2D eigenvalue weighted by Crippen LogP contribution is 2.21. The number of nitrogens with one attached hydrogen (secondary N) is 1. The number of nitriles is 1. The number of hydrogen-bond donors (Lipinski definition) is 1. The fourth-order valence-electron chi connectivity index (χ4n) is 3.49. The second kappa shape index (κ2) is 8.09. The van der Waals surface area contributed by atoms with Gasteiger partial charge in [0.2, 0.25) is 5.91 Å². The van der Waals surface area contributed by atoms with Gasteiger partial charge in [-0.05, 0) is 57.0 Å². The second-order valence-corrected chi connectivity index (χ2v) is 6.70. The molecule has 0 unspecified atom stereocenters. The SMILES string of the molecule is CCn1ccc2cc(NC(=O)CCc3c(C)nn(CCC#N)c3C)ccc21. The van der Waals surface area contributed by atoms with Gasteiger partial charge in [-0.15, -0.1) is 0 Å². The number of amides is 1. The van der Waals surface area contributed by atoms with Gasteiger partial charge in [-0.1, -0.05) is 0 Å². The van der Waals surface area contributed by atoms with Crippen molar-refractivity contribution in [2.45, 2.75) is 53.1 Å². The van der Waals surface area contributed by atoms with Crippen LogP contribution in [0.2, 0.25) is 0 Å².